The summed E-state index contributed by atoms with van der Waals surface area (Å²) in [7, 11) is 0. The van der Waals surface area contributed by atoms with Gasteiger partial charge in [0.25, 0.3) is 18.8 Å². The highest BCUT2D eigenvalue weighted by atomic mass is 19.3. The van der Waals surface area contributed by atoms with Crippen molar-refractivity contribution >= 4 is 12.4 Å². The molecule has 1 amide bonds. The Bertz CT molecular complexity index is 989. The molecule has 1 aliphatic heterocycles. The number of fused-ring (bicyclic) bond motifs is 1. The van der Waals surface area contributed by atoms with E-state index in [0.29, 0.717) is 24.7 Å². The van der Waals surface area contributed by atoms with Crippen molar-refractivity contribution in [2.75, 3.05) is 6.54 Å². The summed E-state index contributed by atoms with van der Waals surface area (Å²) >= 11 is 0. The lowest BCUT2D eigenvalue weighted by atomic mass is 10.2. The van der Waals surface area contributed by atoms with Gasteiger partial charge in [0.2, 0.25) is 0 Å². The van der Waals surface area contributed by atoms with Gasteiger partial charge in [-0.15, -0.1) is 0 Å². The number of aromatic amines is 1. The number of amides is 1. The standard InChI is InChI=1S/C17H16F2N6O.CH2O2/c1-10-16-20-15(11-5-3-2-4-6-11)23-25(16)8-7-24(10)17(26)13-9-12(14(18)19)21-22-13;2-1-3/h2-6,9-10,14H,7-8H2,1H3,(H,21,22);1H,(H,2,3)/t10-;/m0./s1. The third-order valence-corrected chi connectivity index (χ3v) is 4.44. The number of rotatable bonds is 3. The molecule has 2 N–H and O–H groups in total. The van der Waals surface area contributed by atoms with Crippen molar-refractivity contribution in [2.24, 2.45) is 0 Å². The third kappa shape index (κ3) is 4.13. The Morgan fingerprint density at radius 3 is 2.62 bits per heavy atom. The number of hydrogen-bond acceptors (Lipinski definition) is 5. The van der Waals surface area contributed by atoms with Gasteiger partial charge in [-0.3, -0.25) is 14.7 Å². The molecule has 0 saturated heterocycles. The van der Waals surface area contributed by atoms with Crippen LogP contribution in [0.15, 0.2) is 36.4 Å². The second-order valence-corrected chi connectivity index (χ2v) is 6.17. The van der Waals surface area contributed by atoms with Crippen LogP contribution < -0.4 is 0 Å². The fourth-order valence-corrected chi connectivity index (χ4v) is 3.06. The van der Waals surface area contributed by atoms with Crippen LogP contribution in [0.2, 0.25) is 0 Å². The first kappa shape index (κ1) is 20.1. The third-order valence-electron chi connectivity index (χ3n) is 4.44. The number of nitrogens with zero attached hydrogens (tertiary/aromatic N) is 5. The molecule has 11 heteroatoms. The molecule has 0 fully saturated rings. The predicted molar refractivity (Wildman–Crippen MR) is 97.1 cm³/mol. The second-order valence-electron chi connectivity index (χ2n) is 6.17. The van der Waals surface area contributed by atoms with Crippen LogP contribution in [0.5, 0.6) is 0 Å². The molecule has 2 aromatic heterocycles. The first-order valence-corrected chi connectivity index (χ1v) is 8.68. The molecule has 0 unspecified atom stereocenters. The lowest BCUT2D eigenvalue weighted by molar-refractivity contribution is -0.122. The normalized spacial score (nSPS) is 15.4. The smallest absolute Gasteiger partial charge is 0.290 e. The molecular formula is C18H18F2N6O3. The van der Waals surface area contributed by atoms with Gasteiger partial charge < -0.3 is 10.0 Å². The molecule has 0 spiro atoms. The van der Waals surface area contributed by atoms with Gasteiger partial charge in [0, 0.05) is 12.1 Å². The van der Waals surface area contributed by atoms with Crippen molar-refractivity contribution in [3.63, 3.8) is 0 Å². The van der Waals surface area contributed by atoms with Crippen molar-refractivity contribution in [3.8, 4) is 11.4 Å². The Kier molecular flexibility index (Phi) is 5.96. The predicted octanol–water partition coefficient (Wildman–Crippen LogP) is 2.52. The van der Waals surface area contributed by atoms with Crippen LogP contribution in [0.25, 0.3) is 11.4 Å². The number of halogens is 2. The lowest BCUT2D eigenvalue weighted by Gasteiger charge is -2.32. The average Bonchev–Trinajstić information content (AvgIpc) is 3.37. The van der Waals surface area contributed by atoms with Crippen LogP contribution >= 0.6 is 0 Å². The van der Waals surface area contributed by atoms with E-state index in [1.165, 1.54) is 0 Å². The molecule has 1 atom stereocenters. The zero-order chi connectivity index (χ0) is 21.0. The minimum Gasteiger partial charge on any atom is -0.483 e. The molecule has 29 heavy (non-hydrogen) atoms. The van der Waals surface area contributed by atoms with E-state index in [1.54, 1.807) is 9.58 Å². The Morgan fingerprint density at radius 2 is 2.00 bits per heavy atom. The summed E-state index contributed by atoms with van der Waals surface area (Å²) in [6.45, 7) is 2.48. The molecule has 1 aliphatic rings. The fraction of sp³-hybridized carbons (Fsp3) is 0.278. The average molecular weight is 404 g/mol. The second kappa shape index (κ2) is 8.59. The number of benzene rings is 1. The highest BCUT2D eigenvalue weighted by Crippen LogP contribution is 2.28. The Hall–Kier alpha value is -3.63. The lowest BCUT2D eigenvalue weighted by Crippen LogP contribution is -2.41. The van der Waals surface area contributed by atoms with Crippen LogP contribution in [0.1, 0.15) is 41.4 Å². The van der Waals surface area contributed by atoms with Crippen molar-refractivity contribution < 1.29 is 23.5 Å². The number of carbonyl (C=O) groups is 2. The van der Waals surface area contributed by atoms with Crippen LogP contribution in [0.3, 0.4) is 0 Å². The van der Waals surface area contributed by atoms with Gasteiger partial charge in [-0.2, -0.15) is 10.2 Å². The van der Waals surface area contributed by atoms with Crippen LogP contribution in [-0.2, 0) is 11.3 Å². The quantitative estimate of drug-likeness (QED) is 0.648. The van der Waals surface area contributed by atoms with Gasteiger partial charge >= 0.3 is 0 Å². The summed E-state index contributed by atoms with van der Waals surface area (Å²) in [5.41, 5.74) is 0.504. The Morgan fingerprint density at radius 1 is 1.31 bits per heavy atom. The number of carboxylic acid groups (broad SMARTS) is 1. The number of hydrogen-bond donors (Lipinski definition) is 2. The summed E-state index contributed by atoms with van der Waals surface area (Å²) in [4.78, 5) is 27.2. The number of H-pyrrole nitrogens is 1. The minimum atomic E-state index is -2.70. The maximum atomic E-state index is 12.7. The molecule has 4 rings (SSSR count). The van der Waals surface area contributed by atoms with E-state index in [4.69, 9.17) is 9.90 Å². The maximum Gasteiger partial charge on any atom is 0.290 e. The van der Waals surface area contributed by atoms with E-state index >= 15 is 0 Å². The van der Waals surface area contributed by atoms with Crippen molar-refractivity contribution in [2.45, 2.75) is 25.9 Å². The van der Waals surface area contributed by atoms with E-state index in [9.17, 15) is 13.6 Å². The number of nitrogens with one attached hydrogen (secondary N) is 1. The van der Waals surface area contributed by atoms with Gasteiger partial charge in [0.1, 0.15) is 11.5 Å². The molecule has 0 radical (unpaired) electrons. The van der Waals surface area contributed by atoms with Crippen LogP contribution in [-0.4, -0.2) is 53.9 Å². The van der Waals surface area contributed by atoms with Gasteiger partial charge in [0.15, 0.2) is 11.5 Å². The topological polar surface area (TPSA) is 117 Å². The summed E-state index contributed by atoms with van der Waals surface area (Å²) in [6, 6.07) is 10.3. The monoisotopic (exact) mass is 404 g/mol. The first-order chi connectivity index (χ1) is 14.0. The van der Waals surface area contributed by atoms with E-state index in [1.807, 2.05) is 37.3 Å². The maximum absolute atomic E-state index is 12.7. The highest BCUT2D eigenvalue weighted by Gasteiger charge is 2.32. The van der Waals surface area contributed by atoms with Gasteiger partial charge in [-0.05, 0) is 13.0 Å². The van der Waals surface area contributed by atoms with E-state index < -0.39 is 12.3 Å². The summed E-state index contributed by atoms with van der Waals surface area (Å²) in [6.07, 6.45) is -2.70. The van der Waals surface area contributed by atoms with E-state index in [-0.39, 0.29) is 23.9 Å². The van der Waals surface area contributed by atoms with E-state index in [2.05, 4.69) is 20.3 Å². The highest BCUT2D eigenvalue weighted by molar-refractivity contribution is 5.92. The summed E-state index contributed by atoms with van der Waals surface area (Å²) in [5, 5.41) is 17.3. The summed E-state index contributed by atoms with van der Waals surface area (Å²) < 4.78 is 27.2. The van der Waals surface area contributed by atoms with Crippen molar-refractivity contribution in [1.29, 1.82) is 0 Å². The minimum absolute atomic E-state index is 0.0246. The zero-order valence-electron chi connectivity index (χ0n) is 15.4. The molecule has 152 valence electrons. The molecule has 1 aromatic carbocycles. The van der Waals surface area contributed by atoms with Crippen molar-refractivity contribution in [3.05, 3.63) is 53.6 Å². The fourth-order valence-electron chi connectivity index (χ4n) is 3.06. The van der Waals surface area contributed by atoms with E-state index in [0.717, 1.165) is 11.6 Å². The first-order valence-electron chi connectivity index (χ1n) is 8.68. The SMILES string of the molecule is C[C@H]1c2nc(-c3ccccc3)nn2CCN1C(=O)c1cc(C(F)F)[nH]n1.O=CO. The molecule has 9 nitrogen and oxygen atoms in total. The molecule has 0 saturated carbocycles. The zero-order valence-corrected chi connectivity index (χ0v) is 15.4. The summed E-state index contributed by atoms with van der Waals surface area (Å²) in [5.74, 6) is 0.853. The molecule has 3 heterocycles. The molecule has 0 aliphatic carbocycles. The van der Waals surface area contributed by atoms with Gasteiger partial charge in [-0.25, -0.2) is 18.4 Å². The molecule has 3 aromatic rings. The van der Waals surface area contributed by atoms with Gasteiger partial charge in [-0.1, -0.05) is 30.3 Å². The largest absolute Gasteiger partial charge is 0.483 e. The number of aromatic nitrogens is 5. The molecule has 0 bridgehead atoms. The number of alkyl halides is 2. The van der Waals surface area contributed by atoms with Crippen LogP contribution in [0, 0.1) is 0 Å². The Balaban J connectivity index is 0.000000755. The van der Waals surface area contributed by atoms with Crippen molar-refractivity contribution in [1.82, 2.24) is 29.9 Å². The van der Waals surface area contributed by atoms with Crippen LogP contribution in [0.4, 0.5) is 8.78 Å². The van der Waals surface area contributed by atoms with Gasteiger partial charge in [0.05, 0.1) is 12.6 Å². The molecular weight excluding hydrogens is 386 g/mol. The Labute approximate surface area is 164 Å². The number of carbonyl (C=O) groups excluding carboxylic acids is 1.